The Kier molecular flexibility index (Phi) is 3.23. The average molecular weight is 211 g/mol. The third kappa shape index (κ3) is 2.37. The molecule has 76 valence electrons. The first-order valence-electron chi connectivity index (χ1n) is 4.71. The van der Waals surface area contributed by atoms with Crippen LogP contribution in [0.3, 0.4) is 0 Å². The first-order valence-corrected chi connectivity index (χ1v) is 5.59. The Bertz CT molecular complexity index is 307. The Hall–Kier alpha value is -0.780. The van der Waals surface area contributed by atoms with E-state index in [-0.39, 0.29) is 0 Å². The minimum absolute atomic E-state index is 0.556. The maximum Gasteiger partial charge on any atom is 0.169 e. The maximum absolute atomic E-state index is 10.4. The fourth-order valence-electron chi connectivity index (χ4n) is 1.51. The standard InChI is InChI=1S/C9H13N3OS/c13-6-8-7-14-9(11-8)5-12-3-1-10-2-4-12/h6-7,10H,1-5H2. The molecule has 0 bridgehead atoms. The molecule has 0 aliphatic carbocycles. The summed E-state index contributed by atoms with van der Waals surface area (Å²) in [4.78, 5) is 17.0. The summed E-state index contributed by atoms with van der Waals surface area (Å²) in [7, 11) is 0. The Morgan fingerprint density at radius 3 is 3.00 bits per heavy atom. The third-order valence-corrected chi connectivity index (χ3v) is 3.11. The summed E-state index contributed by atoms with van der Waals surface area (Å²) in [6.45, 7) is 5.10. The summed E-state index contributed by atoms with van der Waals surface area (Å²) in [6.07, 6.45) is 0.803. The van der Waals surface area contributed by atoms with Gasteiger partial charge in [-0.25, -0.2) is 4.98 Å². The predicted molar refractivity (Wildman–Crippen MR) is 55.6 cm³/mol. The summed E-state index contributed by atoms with van der Waals surface area (Å²) in [5, 5.41) is 6.15. The van der Waals surface area contributed by atoms with Gasteiger partial charge in [-0.1, -0.05) is 0 Å². The monoisotopic (exact) mass is 211 g/mol. The number of rotatable bonds is 3. The Morgan fingerprint density at radius 2 is 2.36 bits per heavy atom. The van der Waals surface area contributed by atoms with Crippen molar-refractivity contribution in [3.8, 4) is 0 Å². The molecule has 1 saturated heterocycles. The molecule has 1 N–H and O–H groups in total. The third-order valence-electron chi connectivity index (χ3n) is 2.26. The van der Waals surface area contributed by atoms with Crippen molar-refractivity contribution in [2.24, 2.45) is 0 Å². The summed E-state index contributed by atoms with van der Waals surface area (Å²) in [5.74, 6) is 0. The fourth-order valence-corrected chi connectivity index (χ4v) is 2.29. The summed E-state index contributed by atoms with van der Waals surface area (Å²) < 4.78 is 0. The Morgan fingerprint density at radius 1 is 1.57 bits per heavy atom. The van der Waals surface area contributed by atoms with E-state index < -0.39 is 0 Å². The van der Waals surface area contributed by atoms with Crippen LogP contribution in [0.1, 0.15) is 15.5 Å². The highest BCUT2D eigenvalue weighted by molar-refractivity contribution is 7.09. The van der Waals surface area contributed by atoms with Crippen molar-refractivity contribution in [3.63, 3.8) is 0 Å². The van der Waals surface area contributed by atoms with Crippen LogP contribution in [0.15, 0.2) is 5.38 Å². The SMILES string of the molecule is O=Cc1csc(CN2CCNCC2)n1. The number of carbonyl (C=O) groups is 1. The molecule has 1 aliphatic rings. The zero-order valence-electron chi connectivity index (χ0n) is 7.90. The number of carbonyl (C=O) groups excluding carboxylic acids is 1. The second-order valence-corrected chi connectivity index (χ2v) is 4.25. The van der Waals surface area contributed by atoms with Crippen LogP contribution in [0, 0.1) is 0 Å². The summed E-state index contributed by atoms with van der Waals surface area (Å²) in [6, 6.07) is 0. The first kappa shape index (κ1) is 9.76. The summed E-state index contributed by atoms with van der Waals surface area (Å²) in [5.41, 5.74) is 0.556. The van der Waals surface area contributed by atoms with Gasteiger partial charge in [0.15, 0.2) is 6.29 Å². The molecule has 1 aromatic rings. The molecule has 0 amide bonds. The average Bonchev–Trinajstić information content (AvgIpc) is 2.67. The zero-order chi connectivity index (χ0) is 9.80. The van der Waals surface area contributed by atoms with E-state index in [0.29, 0.717) is 5.69 Å². The Labute approximate surface area is 86.9 Å². The van der Waals surface area contributed by atoms with Gasteiger partial charge >= 0.3 is 0 Å². The van der Waals surface area contributed by atoms with E-state index >= 15 is 0 Å². The molecule has 4 nitrogen and oxygen atoms in total. The van der Waals surface area contributed by atoms with E-state index in [4.69, 9.17) is 0 Å². The molecule has 0 unspecified atom stereocenters. The number of aldehydes is 1. The van der Waals surface area contributed by atoms with Crippen molar-refractivity contribution >= 4 is 17.6 Å². The van der Waals surface area contributed by atoms with E-state index in [1.807, 2.05) is 5.38 Å². The van der Waals surface area contributed by atoms with E-state index in [9.17, 15) is 4.79 Å². The van der Waals surface area contributed by atoms with Gasteiger partial charge < -0.3 is 5.32 Å². The normalized spacial score (nSPS) is 18.3. The number of nitrogens with one attached hydrogen (secondary N) is 1. The van der Waals surface area contributed by atoms with Crippen LogP contribution in [-0.4, -0.2) is 42.3 Å². The van der Waals surface area contributed by atoms with Gasteiger partial charge in [0.05, 0.1) is 6.54 Å². The summed E-state index contributed by atoms with van der Waals surface area (Å²) >= 11 is 1.56. The lowest BCUT2D eigenvalue weighted by Gasteiger charge is -2.25. The second-order valence-electron chi connectivity index (χ2n) is 3.31. The van der Waals surface area contributed by atoms with Gasteiger partial charge in [0.1, 0.15) is 10.7 Å². The second kappa shape index (κ2) is 4.63. The smallest absolute Gasteiger partial charge is 0.169 e. The van der Waals surface area contributed by atoms with Crippen LogP contribution in [0.2, 0.25) is 0 Å². The van der Waals surface area contributed by atoms with Crippen molar-refractivity contribution in [1.82, 2.24) is 15.2 Å². The van der Waals surface area contributed by atoms with Crippen LogP contribution < -0.4 is 5.32 Å². The van der Waals surface area contributed by atoms with Crippen molar-refractivity contribution in [2.45, 2.75) is 6.54 Å². The lowest BCUT2D eigenvalue weighted by Crippen LogP contribution is -2.42. The number of hydrogen-bond acceptors (Lipinski definition) is 5. The topological polar surface area (TPSA) is 45.2 Å². The van der Waals surface area contributed by atoms with Gasteiger partial charge in [-0.15, -0.1) is 11.3 Å². The molecule has 5 heteroatoms. The van der Waals surface area contributed by atoms with Crippen LogP contribution in [0.4, 0.5) is 0 Å². The van der Waals surface area contributed by atoms with Crippen molar-refractivity contribution < 1.29 is 4.79 Å². The molecule has 14 heavy (non-hydrogen) atoms. The largest absolute Gasteiger partial charge is 0.314 e. The van der Waals surface area contributed by atoms with E-state index in [1.54, 1.807) is 11.3 Å². The molecule has 2 heterocycles. The predicted octanol–water partition coefficient (Wildman–Crippen LogP) is 0.361. The van der Waals surface area contributed by atoms with Crippen LogP contribution >= 0.6 is 11.3 Å². The molecule has 0 saturated carbocycles. The molecule has 1 fully saturated rings. The van der Waals surface area contributed by atoms with Gasteiger partial charge in [0.2, 0.25) is 0 Å². The molecular weight excluding hydrogens is 198 g/mol. The fraction of sp³-hybridized carbons (Fsp3) is 0.556. The van der Waals surface area contributed by atoms with E-state index in [0.717, 1.165) is 44.0 Å². The minimum Gasteiger partial charge on any atom is -0.314 e. The minimum atomic E-state index is 0.556. The van der Waals surface area contributed by atoms with E-state index in [2.05, 4.69) is 15.2 Å². The zero-order valence-corrected chi connectivity index (χ0v) is 8.72. The van der Waals surface area contributed by atoms with Crippen LogP contribution in [0.25, 0.3) is 0 Å². The molecular formula is C9H13N3OS. The van der Waals surface area contributed by atoms with Crippen LogP contribution in [0.5, 0.6) is 0 Å². The van der Waals surface area contributed by atoms with Gasteiger partial charge in [-0.3, -0.25) is 9.69 Å². The Balaban J connectivity index is 1.92. The van der Waals surface area contributed by atoms with Crippen molar-refractivity contribution in [1.29, 1.82) is 0 Å². The van der Waals surface area contributed by atoms with Crippen LogP contribution in [-0.2, 0) is 6.54 Å². The van der Waals surface area contributed by atoms with E-state index in [1.165, 1.54) is 0 Å². The lowest BCUT2D eigenvalue weighted by molar-refractivity contribution is 0.111. The number of thiazole rings is 1. The highest BCUT2D eigenvalue weighted by Crippen LogP contribution is 2.11. The molecule has 0 atom stereocenters. The number of nitrogens with zero attached hydrogens (tertiary/aromatic N) is 2. The molecule has 0 aromatic carbocycles. The first-order chi connectivity index (χ1) is 6.88. The molecule has 1 aromatic heterocycles. The molecule has 0 radical (unpaired) electrons. The lowest BCUT2D eigenvalue weighted by atomic mass is 10.3. The highest BCUT2D eigenvalue weighted by Gasteiger charge is 2.11. The number of piperazine rings is 1. The quantitative estimate of drug-likeness (QED) is 0.733. The highest BCUT2D eigenvalue weighted by atomic mass is 32.1. The maximum atomic E-state index is 10.4. The van der Waals surface area contributed by atoms with Gasteiger partial charge in [0.25, 0.3) is 0 Å². The molecule has 1 aliphatic heterocycles. The molecule has 2 rings (SSSR count). The molecule has 0 spiro atoms. The van der Waals surface area contributed by atoms with Gasteiger partial charge in [-0.2, -0.15) is 0 Å². The van der Waals surface area contributed by atoms with Crippen molar-refractivity contribution in [3.05, 3.63) is 16.1 Å². The number of hydrogen-bond donors (Lipinski definition) is 1. The van der Waals surface area contributed by atoms with Gasteiger partial charge in [0, 0.05) is 31.6 Å². The van der Waals surface area contributed by atoms with Crippen molar-refractivity contribution in [2.75, 3.05) is 26.2 Å². The number of aromatic nitrogens is 1. The van der Waals surface area contributed by atoms with Gasteiger partial charge in [-0.05, 0) is 0 Å².